The molecule has 0 aromatic carbocycles. The summed E-state index contributed by atoms with van der Waals surface area (Å²) in [5, 5.41) is 1.61. The van der Waals surface area contributed by atoms with Crippen LogP contribution in [0.25, 0.3) is 0 Å². The minimum absolute atomic E-state index is 0.330. The van der Waals surface area contributed by atoms with Gasteiger partial charge in [0.2, 0.25) is 0 Å². The van der Waals surface area contributed by atoms with E-state index in [2.05, 4.69) is 5.43 Å². The Hall–Kier alpha value is -0.710. The van der Waals surface area contributed by atoms with Crippen molar-refractivity contribution in [3.8, 4) is 0 Å². The number of halogens is 2. The van der Waals surface area contributed by atoms with Crippen molar-refractivity contribution < 1.29 is 9.53 Å². The van der Waals surface area contributed by atoms with E-state index in [4.69, 9.17) is 27.9 Å². The van der Waals surface area contributed by atoms with Crippen molar-refractivity contribution in [3.63, 3.8) is 0 Å². The van der Waals surface area contributed by atoms with Crippen LogP contribution in [0, 0.1) is 0 Å². The monoisotopic (exact) mass is 252 g/mol. The van der Waals surface area contributed by atoms with E-state index in [-0.39, 0.29) is 0 Å². The number of hydrogen-bond donors (Lipinski definition) is 1. The third-order valence-corrected chi connectivity index (χ3v) is 1.71. The van der Waals surface area contributed by atoms with Gasteiger partial charge in [-0.2, -0.15) is 0 Å². The number of ether oxygens (including phenoxy) is 1. The zero-order valence-corrected chi connectivity index (χ0v) is 9.96. The number of carbonyl (C=O) groups excluding carboxylic acids is 1. The molecule has 0 heterocycles. The summed E-state index contributed by atoms with van der Waals surface area (Å²) in [6.45, 7) is 3.02. The maximum Gasteiger partial charge on any atom is 0.421 e. The lowest BCUT2D eigenvalue weighted by molar-refractivity contribution is 0.118. The topological polar surface area (TPSA) is 41.6 Å². The molecular formula is C9H14Cl2N2O2. The molecule has 4 nitrogen and oxygen atoms in total. The van der Waals surface area contributed by atoms with E-state index >= 15 is 0 Å². The predicted octanol–water partition coefficient (Wildman–Crippen LogP) is 2.45. The molecule has 0 atom stereocenters. The Morgan fingerprint density at radius 1 is 1.33 bits per heavy atom. The van der Waals surface area contributed by atoms with Gasteiger partial charge < -0.3 is 4.74 Å². The minimum atomic E-state index is -0.497. The van der Waals surface area contributed by atoms with Gasteiger partial charge in [0.15, 0.2) is 0 Å². The highest BCUT2D eigenvalue weighted by atomic mass is 35.5. The van der Waals surface area contributed by atoms with Gasteiger partial charge in [0.1, 0.15) is 0 Å². The standard InChI is InChI=1S/C9H14Cl2N2O2/c1-2-15-9(14)12-13(7-3-5-10)8-4-6-11/h3-6H,2,7-8H2,1H3,(H,12,14)/b5-3-,6-4-. The van der Waals surface area contributed by atoms with Gasteiger partial charge in [-0.3, -0.25) is 5.43 Å². The van der Waals surface area contributed by atoms with Gasteiger partial charge in [0.25, 0.3) is 0 Å². The third-order valence-electron chi connectivity index (χ3n) is 1.35. The van der Waals surface area contributed by atoms with E-state index in [9.17, 15) is 4.79 Å². The average Bonchev–Trinajstić information content (AvgIpc) is 2.22. The maximum atomic E-state index is 11.1. The van der Waals surface area contributed by atoms with Crippen LogP contribution in [-0.2, 0) is 4.74 Å². The van der Waals surface area contributed by atoms with Gasteiger partial charge in [-0.1, -0.05) is 35.4 Å². The molecule has 15 heavy (non-hydrogen) atoms. The van der Waals surface area contributed by atoms with Crippen LogP contribution in [0.5, 0.6) is 0 Å². The Labute approximate surface area is 99.4 Å². The molecule has 0 bridgehead atoms. The molecule has 0 saturated heterocycles. The molecule has 0 unspecified atom stereocenters. The van der Waals surface area contributed by atoms with Crippen molar-refractivity contribution in [2.75, 3.05) is 19.7 Å². The van der Waals surface area contributed by atoms with E-state index in [0.717, 1.165) is 0 Å². The van der Waals surface area contributed by atoms with Gasteiger partial charge in [-0.25, -0.2) is 9.80 Å². The number of nitrogens with zero attached hydrogens (tertiary/aromatic N) is 1. The first kappa shape index (κ1) is 14.3. The summed E-state index contributed by atoms with van der Waals surface area (Å²) in [4.78, 5) is 11.1. The normalized spacial score (nSPS) is 11.5. The first-order valence-electron chi connectivity index (χ1n) is 4.43. The van der Waals surface area contributed by atoms with E-state index in [1.807, 2.05) is 0 Å². The van der Waals surface area contributed by atoms with Crippen LogP contribution in [0.3, 0.4) is 0 Å². The smallest absolute Gasteiger partial charge is 0.421 e. The molecule has 0 aromatic heterocycles. The molecule has 0 aromatic rings. The molecule has 0 saturated carbocycles. The number of hydrogen-bond acceptors (Lipinski definition) is 3. The fraction of sp³-hybridized carbons (Fsp3) is 0.444. The second-order valence-corrected chi connectivity index (χ2v) is 2.96. The molecular weight excluding hydrogens is 239 g/mol. The average molecular weight is 253 g/mol. The van der Waals surface area contributed by atoms with Crippen LogP contribution in [0.2, 0.25) is 0 Å². The number of carbonyl (C=O) groups is 1. The van der Waals surface area contributed by atoms with Crippen LogP contribution in [0.1, 0.15) is 6.92 Å². The number of amides is 1. The largest absolute Gasteiger partial charge is 0.449 e. The highest BCUT2D eigenvalue weighted by Gasteiger charge is 2.06. The van der Waals surface area contributed by atoms with Crippen LogP contribution in [-0.4, -0.2) is 30.8 Å². The highest BCUT2D eigenvalue weighted by Crippen LogP contribution is 1.90. The minimum Gasteiger partial charge on any atom is -0.449 e. The van der Waals surface area contributed by atoms with Crippen molar-refractivity contribution in [3.05, 3.63) is 23.2 Å². The van der Waals surface area contributed by atoms with E-state index in [0.29, 0.717) is 19.7 Å². The van der Waals surface area contributed by atoms with Gasteiger partial charge in [-0.05, 0) is 6.92 Å². The molecule has 0 aliphatic carbocycles. The summed E-state index contributed by atoms with van der Waals surface area (Å²) in [7, 11) is 0. The Bertz CT molecular complexity index is 218. The first-order valence-corrected chi connectivity index (χ1v) is 5.30. The lowest BCUT2D eigenvalue weighted by Gasteiger charge is -2.19. The van der Waals surface area contributed by atoms with Crippen LogP contribution in [0.4, 0.5) is 4.79 Å². The van der Waals surface area contributed by atoms with Crippen molar-refractivity contribution in [2.45, 2.75) is 6.92 Å². The molecule has 0 aliphatic heterocycles. The quantitative estimate of drug-likeness (QED) is 0.739. The van der Waals surface area contributed by atoms with Crippen LogP contribution in [0.15, 0.2) is 23.2 Å². The van der Waals surface area contributed by atoms with E-state index < -0.39 is 6.09 Å². The Morgan fingerprint density at radius 2 is 1.87 bits per heavy atom. The van der Waals surface area contributed by atoms with Crippen molar-refractivity contribution in [1.82, 2.24) is 10.4 Å². The molecule has 0 aliphatic rings. The van der Waals surface area contributed by atoms with E-state index in [1.54, 1.807) is 24.1 Å². The zero-order chi connectivity index (χ0) is 11.5. The van der Waals surface area contributed by atoms with Gasteiger partial charge in [0, 0.05) is 24.2 Å². The molecule has 0 spiro atoms. The SMILES string of the molecule is CCOC(=O)NN(C/C=C\Cl)C/C=C\Cl. The molecule has 1 N–H and O–H groups in total. The zero-order valence-electron chi connectivity index (χ0n) is 8.45. The fourth-order valence-electron chi connectivity index (χ4n) is 0.792. The summed E-state index contributed by atoms with van der Waals surface area (Å²) in [6, 6.07) is 0. The van der Waals surface area contributed by atoms with E-state index in [1.165, 1.54) is 11.1 Å². The fourth-order valence-corrected chi connectivity index (χ4v) is 0.952. The van der Waals surface area contributed by atoms with Crippen molar-refractivity contribution >= 4 is 29.3 Å². The Morgan fingerprint density at radius 3 is 2.27 bits per heavy atom. The molecule has 0 radical (unpaired) electrons. The number of rotatable bonds is 6. The number of hydrazine groups is 1. The van der Waals surface area contributed by atoms with Crippen molar-refractivity contribution in [2.24, 2.45) is 0 Å². The van der Waals surface area contributed by atoms with Gasteiger partial charge >= 0.3 is 6.09 Å². The lowest BCUT2D eigenvalue weighted by atomic mass is 10.5. The van der Waals surface area contributed by atoms with Gasteiger partial charge in [-0.15, -0.1) is 0 Å². The van der Waals surface area contributed by atoms with Crippen molar-refractivity contribution in [1.29, 1.82) is 0 Å². The summed E-state index contributed by atoms with van der Waals surface area (Å²) < 4.78 is 4.73. The molecule has 0 rings (SSSR count). The lowest BCUT2D eigenvalue weighted by Crippen LogP contribution is -2.42. The summed E-state index contributed by atoms with van der Waals surface area (Å²) in [5.74, 6) is 0. The number of nitrogens with one attached hydrogen (secondary N) is 1. The second-order valence-electron chi connectivity index (χ2n) is 2.46. The van der Waals surface area contributed by atoms with Crippen LogP contribution >= 0.6 is 23.2 Å². The molecule has 1 amide bonds. The first-order chi connectivity index (χ1) is 7.24. The van der Waals surface area contributed by atoms with Crippen LogP contribution < -0.4 is 5.43 Å². The molecule has 86 valence electrons. The summed E-state index contributed by atoms with van der Waals surface area (Å²) in [5.41, 5.74) is 5.30. The Kier molecular flexibility index (Phi) is 9.36. The summed E-state index contributed by atoms with van der Waals surface area (Å²) >= 11 is 10.8. The molecule has 6 heteroatoms. The Balaban J connectivity index is 4.04. The predicted molar refractivity (Wildman–Crippen MR) is 61.7 cm³/mol. The highest BCUT2D eigenvalue weighted by molar-refractivity contribution is 6.25. The van der Waals surface area contributed by atoms with Gasteiger partial charge in [0.05, 0.1) is 6.61 Å². The molecule has 0 fully saturated rings. The second kappa shape index (κ2) is 9.83. The third kappa shape index (κ3) is 8.30. The summed E-state index contributed by atoms with van der Waals surface area (Å²) in [6.07, 6.45) is 2.88. The maximum absolute atomic E-state index is 11.1.